The largest absolute Gasteiger partial charge is 0.476 e. The molecule has 0 bridgehead atoms. The van der Waals surface area contributed by atoms with Gasteiger partial charge in [0, 0.05) is 30.8 Å². The van der Waals surface area contributed by atoms with Gasteiger partial charge in [-0.15, -0.1) is 0 Å². The number of carbonyl (C=O) groups is 1. The highest BCUT2D eigenvalue weighted by molar-refractivity contribution is 5.87. The van der Waals surface area contributed by atoms with Crippen LogP contribution in [0.2, 0.25) is 0 Å². The second kappa shape index (κ2) is 4.02. The Morgan fingerprint density at radius 1 is 1.53 bits per heavy atom. The van der Waals surface area contributed by atoms with Crippen LogP contribution in [0.15, 0.2) is 0 Å². The monoisotopic (exact) mass is 209 g/mol. The molecular formula is C10H15N3O2. The summed E-state index contributed by atoms with van der Waals surface area (Å²) in [6.45, 7) is 5.03. The Labute approximate surface area is 88.1 Å². The third kappa shape index (κ3) is 1.87. The Hall–Kier alpha value is -1.36. The Bertz CT molecular complexity index is 373. The molecule has 5 nitrogen and oxygen atoms in total. The van der Waals surface area contributed by atoms with E-state index in [1.807, 2.05) is 0 Å². The number of fused-ring (bicyclic) bond motifs is 1. The third-order valence-electron chi connectivity index (χ3n) is 2.96. The predicted molar refractivity (Wildman–Crippen MR) is 55.1 cm³/mol. The maximum absolute atomic E-state index is 10.9. The van der Waals surface area contributed by atoms with Gasteiger partial charge in [0.25, 0.3) is 0 Å². The molecule has 2 heterocycles. The van der Waals surface area contributed by atoms with Crippen molar-refractivity contribution < 1.29 is 9.90 Å². The molecule has 5 heteroatoms. The molecule has 0 unspecified atom stereocenters. The van der Waals surface area contributed by atoms with Gasteiger partial charge in [-0.25, -0.2) is 4.79 Å². The topological polar surface area (TPSA) is 69.2 Å². The number of hydrogen-bond acceptors (Lipinski definition) is 3. The van der Waals surface area contributed by atoms with Gasteiger partial charge >= 0.3 is 5.97 Å². The molecule has 0 amide bonds. The standard InChI is InChI=1S/C10H15N3O2/c1-2-13-5-3-7-8(4-6-13)11-12-9(7)10(14)15/h2-6H2,1H3,(H,11,12)(H,14,15). The van der Waals surface area contributed by atoms with Crippen LogP contribution in [0.3, 0.4) is 0 Å². The quantitative estimate of drug-likeness (QED) is 0.745. The SMILES string of the molecule is CCN1CCc2[nH]nc(C(=O)O)c2CC1. The number of likely N-dealkylation sites (N-methyl/N-ethyl adjacent to an activating group) is 1. The molecular weight excluding hydrogens is 194 g/mol. The Morgan fingerprint density at radius 3 is 2.93 bits per heavy atom. The number of nitrogens with zero attached hydrogens (tertiary/aromatic N) is 2. The minimum atomic E-state index is -0.933. The second-order valence-corrected chi connectivity index (χ2v) is 3.77. The maximum atomic E-state index is 10.9. The molecule has 2 N–H and O–H groups in total. The lowest BCUT2D eigenvalue weighted by Gasteiger charge is -2.16. The second-order valence-electron chi connectivity index (χ2n) is 3.77. The fraction of sp³-hybridized carbons (Fsp3) is 0.600. The lowest BCUT2D eigenvalue weighted by molar-refractivity contribution is 0.0689. The molecule has 0 saturated heterocycles. The van der Waals surface area contributed by atoms with Crippen LogP contribution in [0, 0.1) is 0 Å². The normalized spacial score (nSPS) is 17.1. The zero-order chi connectivity index (χ0) is 10.8. The Kier molecular flexibility index (Phi) is 2.73. The molecule has 0 aromatic carbocycles. The maximum Gasteiger partial charge on any atom is 0.356 e. The molecule has 0 saturated carbocycles. The number of hydrogen-bond donors (Lipinski definition) is 2. The number of aromatic amines is 1. The van der Waals surface area contributed by atoms with Crippen LogP contribution in [0.1, 0.15) is 28.7 Å². The number of rotatable bonds is 2. The molecule has 0 spiro atoms. The van der Waals surface area contributed by atoms with Crippen LogP contribution in [-0.2, 0) is 12.8 Å². The van der Waals surface area contributed by atoms with Crippen molar-refractivity contribution >= 4 is 5.97 Å². The van der Waals surface area contributed by atoms with Crippen molar-refractivity contribution in [3.8, 4) is 0 Å². The van der Waals surface area contributed by atoms with Gasteiger partial charge in [0.1, 0.15) is 0 Å². The van der Waals surface area contributed by atoms with Gasteiger partial charge in [-0.3, -0.25) is 5.10 Å². The van der Waals surface area contributed by atoms with Crippen molar-refractivity contribution in [2.45, 2.75) is 19.8 Å². The molecule has 1 aliphatic rings. The highest BCUT2D eigenvalue weighted by atomic mass is 16.4. The predicted octanol–water partition coefficient (Wildman–Crippen LogP) is 0.528. The number of carboxylic acid groups (broad SMARTS) is 1. The number of nitrogens with one attached hydrogen (secondary N) is 1. The summed E-state index contributed by atoms with van der Waals surface area (Å²) in [4.78, 5) is 13.2. The van der Waals surface area contributed by atoms with E-state index in [4.69, 9.17) is 5.11 Å². The van der Waals surface area contributed by atoms with Crippen molar-refractivity contribution in [1.29, 1.82) is 0 Å². The molecule has 15 heavy (non-hydrogen) atoms. The van der Waals surface area contributed by atoms with E-state index in [9.17, 15) is 4.79 Å². The van der Waals surface area contributed by atoms with E-state index in [1.165, 1.54) is 0 Å². The van der Waals surface area contributed by atoms with Gasteiger partial charge in [-0.05, 0) is 13.0 Å². The summed E-state index contributed by atoms with van der Waals surface area (Å²) < 4.78 is 0. The number of carboxylic acids is 1. The van der Waals surface area contributed by atoms with E-state index in [1.54, 1.807) is 0 Å². The molecule has 1 aliphatic heterocycles. The summed E-state index contributed by atoms with van der Waals surface area (Å²) in [7, 11) is 0. The first-order valence-corrected chi connectivity index (χ1v) is 5.24. The van der Waals surface area contributed by atoms with E-state index in [0.717, 1.165) is 43.7 Å². The Balaban J connectivity index is 2.25. The lowest BCUT2D eigenvalue weighted by atomic mass is 10.1. The molecule has 0 atom stereocenters. The smallest absolute Gasteiger partial charge is 0.356 e. The summed E-state index contributed by atoms with van der Waals surface area (Å²) in [5.41, 5.74) is 2.07. The first-order valence-electron chi connectivity index (χ1n) is 5.24. The highest BCUT2D eigenvalue weighted by Gasteiger charge is 2.21. The fourth-order valence-electron chi connectivity index (χ4n) is 2.02. The average Bonchev–Trinajstić information content (AvgIpc) is 2.52. The minimum Gasteiger partial charge on any atom is -0.476 e. The van der Waals surface area contributed by atoms with Crippen molar-refractivity contribution in [3.63, 3.8) is 0 Å². The van der Waals surface area contributed by atoms with Crippen LogP contribution < -0.4 is 0 Å². The van der Waals surface area contributed by atoms with Gasteiger partial charge in [-0.1, -0.05) is 6.92 Å². The molecule has 0 aliphatic carbocycles. The van der Waals surface area contributed by atoms with E-state index < -0.39 is 5.97 Å². The van der Waals surface area contributed by atoms with Crippen molar-refractivity contribution in [3.05, 3.63) is 17.0 Å². The number of aromatic nitrogens is 2. The van der Waals surface area contributed by atoms with Crippen molar-refractivity contribution in [1.82, 2.24) is 15.1 Å². The van der Waals surface area contributed by atoms with Crippen LogP contribution in [0.4, 0.5) is 0 Å². The molecule has 0 radical (unpaired) electrons. The van der Waals surface area contributed by atoms with Gasteiger partial charge in [0.2, 0.25) is 0 Å². The molecule has 1 aromatic heterocycles. The summed E-state index contributed by atoms with van der Waals surface area (Å²) in [5, 5.41) is 15.6. The van der Waals surface area contributed by atoms with Gasteiger partial charge in [0.15, 0.2) is 5.69 Å². The van der Waals surface area contributed by atoms with Crippen molar-refractivity contribution in [2.24, 2.45) is 0 Å². The van der Waals surface area contributed by atoms with Gasteiger partial charge in [-0.2, -0.15) is 5.10 Å². The minimum absolute atomic E-state index is 0.197. The molecule has 0 fully saturated rings. The van der Waals surface area contributed by atoms with E-state index in [2.05, 4.69) is 22.0 Å². The summed E-state index contributed by atoms with van der Waals surface area (Å²) in [6, 6.07) is 0. The van der Waals surface area contributed by atoms with Gasteiger partial charge < -0.3 is 10.0 Å². The van der Waals surface area contributed by atoms with Crippen LogP contribution in [0.25, 0.3) is 0 Å². The Morgan fingerprint density at radius 2 is 2.27 bits per heavy atom. The summed E-state index contributed by atoms with van der Waals surface area (Å²) in [5.74, 6) is -0.933. The molecule has 2 rings (SSSR count). The number of H-pyrrole nitrogens is 1. The molecule has 82 valence electrons. The van der Waals surface area contributed by atoms with Gasteiger partial charge in [0.05, 0.1) is 0 Å². The first-order chi connectivity index (χ1) is 7.22. The van der Waals surface area contributed by atoms with Crippen LogP contribution >= 0.6 is 0 Å². The third-order valence-corrected chi connectivity index (χ3v) is 2.96. The van der Waals surface area contributed by atoms with Crippen molar-refractivity contribution in [2.75, 3.05) is 19.6 Å². The van der Waals surface area contributed by atoms with Crippen LogP contribution in [0.5, 0.6) is 0 Å². The summed E-state index contributed by atoms with van der Waals surface area (Å²) in [6.07, 6.45) is 1.64. The van der Waals surface area contributed by atoms with E-state index in [0.29, 0.717) is 0 Å². The fourth-order valence-corrected chi connectivity index (χ4v) is 2.02. The lowest BCUT2D eigenvalue weighted by Crippen LogP contribution is -2.26. The van der Waals surface area contributed by atoms with E-state index >= 15 is 0 Å². The first kappa shape index (κ1) is 10.2. The van der Waals surface area contributed by atoms with E-state index in [-0.39, 0.29) is 5.69 Å². The summed E-state index contributed by atoms with van der Waals surface area (Å²) >= 11 is 0. The number of aromatic carboxylic acids is 1. The van der Waals surface area contributed by atoms with Crippen LogP contribution in [-0.4, -0.2) is 45.8 Å². The highest BCUT2D eigenvalue weighted by Crippen LogP contribution is 2.17. The zero-order valence-electron chi connectivity index (χ0n) is 8.79. The molecule has 1 aromatic rings. The average molecular weight is 209 g/mol. The zero-order valence-corrected chi connectivity index (χ0v) is 8.79.